The summed E-state index contributed by atoms with van der Waals surface area (Å²) in [7, 11) is 0. The van der Waals surface area contributed by atoms with Gasteiger partial charge in [-0.2, -0.15) is 0 Å². The number of hydrogen-bond acceptors (Lipinski definition) is 2. The molecule has 1 unspecified atom stereocenters. The molecule has 1 aromatic rings. The van der Waals surface area contributed by atoms with E-state index in [4.69, 9.17) is 5.73 Å². The van der Waals surface area contributed by atoms with Crippen molar-refractivity contribution in [3.05, 3.63) is 35.4 Å². The number of carbonyl (C=O) groups is 1. The fourth-order valence-corrected chi connectivity index (χ4v) is 1.47. The van der Waals surface area contributed by atoms with Gasteiger partial charge in [-0.15, -0.1) is 12.4 Å². The first kappa shape index (κ1) is 15.9. The quantitative estimate of drug-likeness (QED) is 0.848. The van der Waals surface area contributed by atoms with E-state index in [-0.39, 0.29) is 24.4 Å². The summed E-state index contributed by atoms with van der Waals surface area (Å²) in [4.78, 5) is 11.4. The molecule has 3 N–H and O–H groups in total. The van der Waals surface area contributed by atoms with E-state index in [1.807, 2.05) is 32.0 Å². The number of hydrogen-bond donors (Lipinski definition) is 2. The number of nitrogens with two attached hydrogens (primary N) is 1. The summed E-state index contributed by atoms with van der Waals surface area (Å²) < 4.78 is 0. The topological polar surface area (TPSA) is 55.1 Å². The Morgan fingerprint density at radius 2 is 2.18 bits per heavy atom. The fourth-order valence-electron chi connectivity index (χ4n) is 1.47. The zero-order valence-electron chi connectivity index (χ0n) is 10.4. The molecule has 4 heteroatoms. The predicted molar refractivity (Wildman–Crippen MR) is 73.2 cm³/mol. The van der Waals surface area contributed by atoms with Crippen molar-refractivity contribution < 1.29 is 4.79 Å². The van der Waals surface area contributed by atoms with E-state index in [1.165, 1.54) is 5.56 Å². The SMILES string of the molecule is Cc1cccc(CNC(=O)CCC(C)N)c1.Cl. The first-order chi connectivity index (χ1) is 7.58. The lowest BCUT2D eigenvalue weighted by molar-refractivity contribution is -0.121. The lowest BCUT2D eigenvalue weighted by Crippen LogP contribution is -2.25. The van der Waals surface area contributed by atoms with Crippen LogP contribution in [0.4, 0.5) is 0 Å². The molecule has 0 aromatic heterocycles. The van der Waals surface area contributed by atoms with Crippen LogP contribution >= 0.6 is 12.4 Å². The van der Waals surface area contributed by atoms with Gasteiger partial charge < -0.3 is 11.1 Å². The van der Waals surface area contributed by atoms with E-state index in [0.717, 1.165) is 12.0 Å². The van der Waals surface area contributed by atoms with E-state index in [0.29, 0.717) is 13.0 Å². The summed E-state index contributed by atoms with van der Waals surface area (Å²) in [5.41, 5.74) is 7.93. The van der Waals surface area contributed by atoms with Gasteiger partial charge >= 0.3 is 0 Å². The molecule has 17 heavy (non-hydrogen) atoms. The molecule has 0 radical (unpaired) electrons. The maximum Gasteiger partial charge on any atom is 0.220 e. The molecule has 0 heterocycles. The minimum absolute atomic E-state index is 0. The second-order valence-corrected chi connectivity index (χ2v) is 4.28. The third-order valence-corrected chi connectivity index (χ3v) is 2.40. The minimum Gasteiger partial charge on any atom is -0.352 e. The van der Waals surface area contributed by atoms with Crippen molar-refractivity contribution in [1.29, 1.82) is 0 Å². The Kier molecular flexibility index (Phi) is 7.59. The molecule has 0 bridgehead atoms. The lowest BCUT2D eigenvalue weighted by Gasteiger charge is -2.07. The van der Waals surface area contributed by atoms with Crippen LogP contribution in [0.5, 0.6) is 0 Å². The van der Waals surface area contributed by atoms with Crippen LogP contribution in [0.2, 0.25) is 0 Å². The van der Waals surface area contributed by atoms with E-state index in [2.05, 4.69) is 11.4 Å². The van der Waals surface area contributed by atoms with Crippen LogP contribution in [-0.2, 0) is 11.3 Å². The van der Waals surface area contributed by atoms with Crippen molar-refractivity contribution in [1.82, 2.24) is 5.32 Å². The van der Waals surface area contributed by atoms with Gasteiger partial charge in [0.15, 0.2) is 0 Å². The Labute approximate surface area is 109 Å². The molecule has 3 nitrogen and oxygen atoms in total. The standard InChI is InChI=1S/C13H20N2O.ClH/c1-10-4-3-5-12(8-10)9-15-13(16)7-6-11(2)14;/h3-5,8,11H,6-7,9,14H2,1-2H3,(H,15,16);1H. The average molecular weight is 257 g/mol. The summed E-state index contributed by atoms with van der Waals surface area (Å²) in [6.07, 6.45) is 1.24. The molecule has 1 atom stereocenters. The number of carbonyl (C=O) groups excluding carboxylic acids is 1. The van der Waals surface area contributed by atoms with E-state index in [1.54, 1.807) is 0 Å². The zero-order valence-corrected chi connectivity index (χ0v) is 11.2. The van der Waals surface area contributed by atoms with Gasteiger partial charge in [0, 0.05) is 19.0 Å². The molecule has 1 rings (SSSR count). The molecule has 0 aliphatic carbocycles. The van der Waals surface area contributed by atoms with Gasteiger partial charge in [-0.25, -0.2) is 0 Å². The number of nitrogens with one attached hydrogen (secondary N) is 1. The number of amides is 1. The summed E-state index contributed by atoms with van der Waals surface area (Å²) >= 11 is 0. The summed E-state index contributed by atoms with van der Waals surface area (Å²) in [6.45, 7) is 4.55. The number of rotatable bonds is 5. The first-order valence-corrected chi connectivity index (χ1v) is 5.66. The summed E-state index contributed by atoms with van der Waals surface area (Å²) in [5.74, 6) is 0.0683. The molecule has 0 aliphatic rings. The van der Waals surface area contributed by atoms with Crippen LogP contribution in [-0.4, -0.2) is 11.9 Å². The van der Waals surface area contributed by atoms with Crippen molar-refractivity contribution in [2.24, 2.45) is 5.73 Å². The fraction of sp³-hybridized carbons (Fsp3) is 0.462. The van der Waals surface area contributed by atoms with Crippen LogP contribution in [0, 0.1) is 6.92 Å². The van der Waals surface area contributed by atoms with Gasteiger partial charge in [-0.1, -0.05) is 29.8 Å². The summed E-state index contributed by atoms with van der Waals surface area (Å²) in [6, 6.07) is 8.22. The van der Waals surface area contributed by atoms with Crippen molar-refractivity contribution in [3.63, 3.8) is 0 Å². The highest BCUT2D eigenvalue weighted by molar-refractivity contribution is 5.85. The maximum absolute atomic E-state index is 11.4. The third kappa shape index (κ3) is 6.97. The Bertz CT molecular complexity index is 353. The van der Waals surface area contributed by atoms with Crippen molar-refractivity contribution in [3.8, 4) is 0 Å². The number of halogens is 1. The molecule has 1 amide bonds. The van der Waals surface area contributed by atoms with Gasteiger partial charge in [0.1, 0.15) is 0 Å². The Balaban J connectivity index is 0.00000256. The van der Waals surface area contributed by atoms with Crippen LogP contribution in [0.3, 0.4) is 0 Å². The lowest BCUT2D eigenvalue weighted by atomic mass is 10.1. The molecular weight excluding hydrogens is 236 g/mol. The average Bonchev–Trinajstić information content (AvgIpc) is 2.23. The van der Waals surface area contributed by atoms with Crippen molar-refractivity contribution in [2.75, 3.05) is 0 Å². The van der Waals surface area contributed by atoms with Crippen LogP contribution < -0.4 is 11.1 Å². The van der Waals surface area contributed by atoms with Crippen molar-refractivity contribution in [2.45, 2.75) is 39.3 Å². The second-order valence-electron chi connectivity index (χ2n) is 4.28. The van der Waals surface area contributed by atoms with Crippen LogP contribution in [0.15, 0.2) is 24.3 Å². The molecule has 0 saturated heterocycles. The third-order valence-electron chi connectivity index (χ3n) is 2.40. The van der Waals surface area contributed by atoms with E-state index < -0.39 is 0 Å². The van der Waals surface area contributed by atoms with Gasteiger partial charge in [0.2, 0.25) is 5.91 Å². The highest BCUT2D eigenvalue weighted by Crippen LogP contribution is 2.03. The Morgan fingerprint density at radius 1 is 1.47 bits per heavy atom. The Morgan fingerprint density at radius 3 is 2.76 bits per heavy atom. The molecule has 0 saturated carbocycles. The number of benzene rings is 1. The van der Waals surface area contributed by atoms with E-state index >= 15 is 0 Å². The maximum atomic E-state index is 11.4. The van der Waals surface area contributed by atoms with Gasteiger partial charge in [-0.05, 0) is 25.8 Å². The van der Waals surface area contributed by atoms with Crippen LogP contribution in [0.25, 0.3) is 0 Å². The molecule has 0 spiro atoms. The molecule has 0 aliphatic heterocycles. The predicted octanol–water partition coefficient (Wildman–Crippen LogP) is 2.16. The first-order valence-electron chi connectivity index (χ1n) is 5.66. The highest BCUT2D eigenvalue weighted by Gasteiger charge is 2.03. The zero-order chi connectivity index (χ0) is 12.0. The minimum atomic E-state index is 0. The largest absolute Gasteiger partial charge is 0.352 e. The van der Waals surface area contributed by atoms with Gasteiger partial charge in [0.05, 0.1) is 0 Å². The summed E-state index contributed by atoms with van der Waals surface area (Å²) in [5, 5.41) is 2.89. The highest BCUT2D eigenvalue weighted by atomic mass is 35.5. The number of aryl methyl sites for hydroxylation is 1. The normalized spacial score (nSPS) is 11.5. The van der Waals surface area contributed by atoms with Crippen molar-refractivity contribution >= 4 is 18.3 Å². The van der Waals surface area contributed by atoms with E-state index in [9.17, 15) is 4.79 Å². The Hall–Kier alpha value is -1.06. The van der Waals surface area contributed by atoms with Gasteiger partial charge in [0.25, 0.3) is 0 Å². The molecule has 0 fully saturated rings. The molecule has 1 aromatic carbocycles. The molecule has 96 valence electrons. The monoisotopic (exact) mass is 256 g/mol. The smallest absolute Gasteiger partial charge is 0.220 e. The molecular formula is C13H21ClN2O. The van der Waals surface area contributed by atoms with Crippen LogP contribution in [0.1, 0.15) is 30.9 Å². The van der Waals surface area contributed by atoms with Gasteiger partial charge in [-0.3, -0.25) is 4.79 Å². The second kappa shape index (κ2) is 8.09.